The molecule has 1 N–H and O–H groups in total. The molecular formula is C26H26IrNO2-. The largest absolute Gasteiger partial charge is 0.512 e. The van der Waals surface area contributed by atoms with Crippen molar-refractivity contribution in [2.24, 2.45) is 5.92 Å². The smallest absolute Gasteiger partial charge is 0.162 e. The van der Waals surface area contributed by atoms with Crippen molar-refractivity contribution in [3.05, 3.63) is 77.7 Å². The maximum atomic E-state index is 11.4. The van der Waals surface area contributed by atoms with E-state index in [1.807, 2.05) is 30.5 Å². The number of aliphatic hydroxyl groups excluding tert-OH is 1. The maximum absolute atomic E-state index is 11.4. The summed E-state index contributed by atoms with van der Waals surface area (Å²) in [4.78, 5) is 15.9. The van der Waals surface area contributed by atoms with Gasteiger partial charge in [-0.2, -0.15) is 0 Å². The van der Waals surface area contributed by atoms with Crippen LogP contribution in [-0.2, 0) is 24.9 Å². The molecule has 157 valence electrons. The van der Waals surface area contributed by atoms with E-state index in [2.05, 4.69) is 42.2 Å². The quantitative estimate of drug-likeness (QED) is 0.343. The number of rotatable bonds is 1. The van der Waals surface area contributed by atoms with Crippen LogP contribution in [0, 0.1) is 18.9 Å². The Balaban J connectivity index is 0.000000175. The summed E-state index contributed by atoms with van der Waals surface area (Å²) < 4.78 is 0. The third-order valence-electron chi connectivity index (χ3n) is 5.83. The molecule has 0 bridgehead atoms. The van der Waals surface area contributed by atoms with Crippen LogP contribution in [0.2, 0.25) is 0 Å². The summed E-state index contributed by atoms with van der Waals surface area (Å²) in [5.41, 5.74) is 4.09. The molecule has 0 spiro atoms. The van der Waals surface area contributed by atoms with Crippen LogP contribution in [-0.4, -0.2) is 15.9 Å². The number of carbonyl (C=O) groups excluding carboxylic acids is 1. The van der Waals surface area contributed by atoms with Crippen molar-refractivity contribution in [2.45, 2.75) is 45.4 Å². The molecule has 0 saturated heterocycles. The summed E-state index contributed by atoms with van der Waals surface area (Å²) in [7, 11) is 0. The Morgan fingerprint density at radius 1 is 1.07 bits per heavy atom. The van der Waals surface area contributed by atoms with Gasteiger partial charge in [-0.25, -0.2) is 0 Å². The summed E-state index contributed by atoms with van der Waals surface area (Å²) in [5, 5.41) is 11.9. The Kier molecular flexibility index (Phi) is 7.58. The zero-order chi connectivity index (χ0) is 20.2. The summed E-state index contributed by atoms with van der Waals surface area (Å²) in [6, 6.07) is 19.7. The number of hydrogen-bond acceptors (Lipinski definition) is 3. The van der Waals surface area contributed by atoms with Gasteiger partial charge in [-0.1, -0.05) is 23.8 Å². The molecule has 2 aliphatic carbocycles. The third-order valence-corrected chi connectivity index (χ3v) is 5.83. The van der Waals surface area contributed by atoms with E-state index in [0.717, 1.165) is 48.9 Å². The molecule has 4 heteroatoms. The molecule has 2 aliphatic rings. The van der Waals surface area contributed by atoms with Gasteiger partial charge >= 0.3 is 0 Å². The zero-order valence-electron chi connectivity index (χ0n) is 17.2. The summed E-state index contributed by atoms with van der Waals surface area (Å²) in [5.74, 6) is 0.972. The van der Waals surface area contributed by atoms with Crippen molar-refractivity contribution in [3.8, 4) is 11.3 Å². The molecule has 1 atom stereocenters. The van der Waals surface area contributed by atoms with Gasteiger partial charge in [0, 0.05) is 44.7 Å². The number of Topliss-reactive ketones (excluding diaryl/α,β-unsaturated/α-hetero) is 1. The molecule has 1 unspecified atom stereocenters. The fourth-order valence-corrected chi connectivity index (χ4v) is 4.40. The Labute approximate surface area is 191 Å². The van der Waals surface area contributed by atoms with Crippen LogP contribution in [0.4, 0.5) is 0 Å². The van der Waals surface area contributed by atoms with Crippen molar-refractivity contribution in [3.63, 3.8) is 0 Å². The number of benzene rings is 2. The van der Waals surface area contributed by atoms with Crippen LogP contribution < -0.4 is 0 Å². The molecule has 1 saturated carbocycles. The second-order valence-corrected chi connectivity index (χ2v) is 7.93. The van der Waals surface area contributed by atoms with Crippen LogP contribution in [0.25, 0.3) is 22.0 Å². The Morgan fingerprint density at radius 2 is 1.87 bits per heavy atom. The third kappa shape index (κ3) is 4.88. The molecule has 5 rings (SSSR count). The SMILES string of the molecule is Cc1ccc2c(-c3[c-]cccc3)nccc2c1.O=C1CCCC2CCCC(O)=C12.[Ir]. The van der Waals surface area contributed by atoms with E-state index in [-0.39, 0.29) is 25.9 Å². The van der Waals surface area contributed by atoms with E-state index < -0.39 is 0 Å². The van der Waals surface area contributed by atoms with Gasteiger partial charge in [0.2, 0.25) is 0 Å². The van der Waals surface area contributed by atoms with Crippen LogP contribution in [0.15, 0.2) is 66.1 Å². The van der Waals surface area contributed by atoms with Crippen LogP contribution in [0.5, 0.6) is 0 Å². The van der Waals surface area contributed by atoms with Gasteiger partial charge in [-0.05, 0) is 61.1 Å². The maximum Gasteiger partial charge on any atom is 0.162 e. The minimum atomic E-state index is 0. The molecule has 1 fully saturated rings. The number of allylic oxidation sites excluding steroid dienone is 2. The van der Waals surface area contributed by atoms with Crippen molar-refractivity contribution in [2.75, 3.05) is 0 Å². The van der Waals surface area contributed by atoms with Gasteiger partial charge in [0.1, 0.15) is 0 Å². The van der Waals surface area contributed by atoms with Crippen molar-refractivity contribution in [1.29, 1.82) is 0 Å². The minimum Gasteiger partial charge on any atom is -0.512 e. The first-order valence-electron chi connectivity index (χ1n) is 10.4. The number of nitrogens with zero attached hydrogens (tertiary/aromatic N) is 1. The number of aromatic nitrogens is 1. The average molecular weight is 577 g/mol. The van der Waals surface area contributed by atoms with Gasteiger partial charge in [0.25, 0.3) is 0 Å². The number of fused-ring (bicyclic) bond motifs is 2. The number of aliphatic hydroxyl groups is 1. The van der Waals surface area contributed by atoms with E-state index in [0.29, 0.717) is 18.1 Å². The van der Waals surface area contributed by atoms with E-state index in [1.54, 1.807) is 0 Å². The molecule has 3 nitrogen and oxygen atoms in total. The summed E-state index contributed by atoms with van der Waals surface area (Å²) >= 11 is 0. The van der Waals surface area contributed by atoms with Gasteiger partial charge in [0.05, 0.1) is 5.76 Å². The van der Waals surface area contributed by atoms with Gasteiger partial charge in [-0.15, -0.1) is 35.9 Å². The molecule has 3 aromatic rings. The molecule has 1 radical (unpaired) electrons. The predicted octanol–water partition coefficient (Wildman–Crippen LogP) is 6.36. The molecule has 1 heterocycles. The molecule has 0 aliphatic heterocycles. The van der Waals surface area contributed by atoms with Crippen molar-refractivity contribution >= 4 is 16.6 Å². The number of ketones is 1. The van der Waals surface area contributed by atoms with Crippen LogP contribution in [0.3, 0.4) is 0 Å². The van der Waals surface area contributed by atoms with Gasteiger partial charge in [-0.3, -0.25) is 4.79 Å². The fraction of sp³-hybridized carbons (Fsp3) is 0.308. The topological polar surface area (TPSA) is 50.2 Å². The van der Waals surface area contributed by atoms with E-state index in [1.165, 1.54) is 16.3 Å². The normalized spacial score (nSPS) is 18.2. The van der Waals surface area contributed by atoms with E-state index in [9.17, 15) is 9.90 Å². The number of hydrogen-bond donors (Lipinski definition) is 1. The van der Waals surface area contributed by atoms with Crippen LogP contribution in [0.1, 0.15) is 44.1 Å². The molecule has 2 aromatic carbocycles. The van der Waals surface area contributed by atoms with E-state index in [4.69, 9.17) is 0 Å². The number of aryl methyl sites for hydroxylation is 1. The molecule has 30 heavy (non-hydrogen) atoms. The first kappa shape index (κ1) is 22.4. The van der Waals surface area contributed by atoms with Crippen molar-refractivity contribution in [1.82, 2.24) is 4.98 Å². The summed E-state index contributed by atoms with van der Waals surface area (Å²) in [6.07, 6.45) is 7.50. The van der Waals surface area contributed by atoms with Gasteiger partial charge in [0.15, 0.2) is 5.78 Å². The first-order valence-corrected chi connectivity index (χ1v) is 10.4. The van der Waals surface area contributed by atoms with Crippen LogP contribution >= 0.6 is 0 Å². The first-order chi connectivity index (χ1) is 14.1. The zero-order valence-corrected chi connectivity index (χ0v) is 19.5. The number of carbonyl (C=O) groups is 1. The molecular weight excluding hydrogens is 551 g/mol. The molecule has 1 aromatic heterocycles. The second kappa shape index (κ2) is 10.1. The Hall–Kier alpha value is -2.29. The standard InChI is InChI=1S/C16H12N.C10H14O2.Ir/c1-12-7-8-15-14(11-12)9-10-17-16(15)13-5-3-2-4-6-13;11-8-5-1-3-7-4-2-6-9(12)10(7)8;/h2-5,7-11H,1H3;7,11H,1-6H2;/q-1;;. The predicted molar refractivity (Wildman–Crippen MR) is 117 cm³/mol. The van der Waals surface area contributed by atoms with Gasteiger partial charge < -0.3 is 10.1 Å². The number of pyridine rings is 1. The van der Waals surface area contributed by atoms with E-state index >= 15 is 0 Å². The second-order valence-electron chi connectivity index (χ2n) is 7.93. The Bertz CT molecular complexity index is 1060. The Morgan fingerprint density at radius 3 is 2.60 bits per heavy atom. The summed E-state index contributed by atoms with van der Waals surface area (Å²) in [6.45, 7) is 2.11. The molecule has 0 amide bonds. The average Bonchev–Trinajstić information content (AvgIpc) is 2.74. The van der Waals surface area contributed by atoms with Crippen molar-refractivity contribution < 1.29 is 30.0 Å². The monoisotopic (exact) mass is 577 g/mol. The fourth-order valence-electron chi connectivity index (χ4n) is 4.40. The minimum absolute atomic E-state index is 0.